The molecule has 1 heterocycles. The molecule has 0 saturated heterocycles. The molecule has 3 heteroatoms. The van der Waals surface area contributed by atoms with E-state index in [2.05, 4.69) is 0 Å². The van der Waals surface area contributed by atoms with E-state index in [1.807, 2.05) is 56.3 Å². The van der Waals surface area contributed by atoms with Crippen LogP contribution < -0.4 is 11.3 Å². The maximum absolute atomic E-state index is 12.3. The third-order valence-electron chi connectivity index (χ3n) is 3.00. The van der Waals surface area contributed by atoms with Crippen molar-refractivity contribution in [2.24, 2.45) is 5.73 Å². The van der Waals surface area contributed by atoms with Crippen LogP contribution in [-0.2, 0) is 6.54 Å². The number of pyridine rings is 1. The third-order valence-corrected chi connectivity index (χ3v) is 3.00. The van der Waals surface area contributed by atoms with Crippen LogP contribution in [0.25, 0.3) is 11.3 Å². The first-order valence-corrected chi connectivity index (χ1v) is 6.15. The van der Waals surface area contributed by atoms with Gasteiger partial charge in [-0.1, -0.05) is 36.4 Å². The first-order valence-electron chi connectivity index (χ1n) is 6.15. The lowest BCUT2D eigenvalue weighted by molar-refractivity contribution is 0.580. The van der Waals surface area contributed by atoms with E-state index in [1.54, 1.807) is 4.57 Å². The molecule has 3 nitrogen and oxygen atoms in total. The Bertz CT molecular complexity index is 585. The van der Waals surface area contributed by atoms with Gasteiger partial charge in [-0.3, -0.25) is 4.79 Å². The molecule has 2 aromatic rings. The molecule has 0 aliphatic heterocycles. The van der Waals surface area contributed by atoms with Gasteiger partial charge in [0.25, 0.3) is 5.56 Å². The Morgan fingerprint density at radius 2 is 1.78 bits per heavy atom. The van der Waals surface area contributed by atoms with Gasteiger partial charge in [-0.15, -0.1) is 0 Å². The van der Waals surface area contributed by atoms with E-state index < -0.39 is 0 Å². The Labute approximate surface area is 107 Å². The molecule has 0 spiro atoms. The lowest BCUT2D eigenvalue weighted by Gasteiger charge is -2.17. The topological polar surface area (TPSA) is 48.0 Å². The number of rotatable bonds is 3. The quantitative estimate of drug-likeness (QED) is 0.899. The fourth-order valence-corrected chi connectivity index (χ4v) is 2.11. The minimum absolute atomic E-state index is 0.00820. The van der Waals surface area contributed by atoms with Gasteiger partial charge in [0.15, 0.2) is 0 Å². The fourth-order valence-electron chi connectivity index (χ4n) is 2.11. The van der Waals surface area contributed by atoms with Crippen LogP contribution >= 0.6 is 0 Å². The van der Waals surface area contributed by atoms with Gasteiger partial charge in [-0.25, -0.2) is 0 Å². The predicted octanol–water partition coefficient (Wildman–Crippen LogP) is 2.55. The van der Waals surface area contributed by atoms with E-state index in [1.165, 1.54) is 0 Å². The molecule has 0 aliphatic rings. The van der Waals surface area contributed by atoms with Crippen LogP contribution in [-0.4, -0.2) is 4.57 Å². The van der Waals surface area contributed by atoms with Crippen LogP contribution in [0.3, 0.4) is 0 Å². The van der Waals surface area contributed by atoms with Crippen molar-refractivity contribution >= 4 is 0 Å². The highest BCUT2D eigenvalue weighted by Gasteiger charge is 2.11. The van der Waals surface area contributed by atoms with E-state index in [0.717, 1.165) is 11.3 Å². The molecule has 0 aliphatic carbocycles. The highest BCUT2D eigenvalue weighted by Crippen LogP contribution is 2.20. The number of hydrogen-bond donors (Lipinski definition) is 1. The summed E-state index contributed by atoms with van der Waals surface area (Å²) in [5, 5.41) is 0. The van der Waals surface area contributed by atoms with Gasteiger partial charge in [0, 0.05) is 18.2 Å². The van der Waals surface area contributed by atoms with Crippen LogP contribution in [0.4, 0.5) is 0 Å². The minimum atomic E-state index is 0.00820. The van der Waals surface area contributed by atoms with Crippen molar-refractivity contribution in [1.29, 1.82) is 0 Å². The van der Waals surface area contributed by atoms with E-state index in [4.69, 9.17) is 5.73 Å². The molecule has 1 aromatic carbocycles. The average Bonchev–Trinajstić information content (AvgIpc) is 2.39. The summed E-state index contributed by atoms with van der Waals surface area (Å²) in [6.07, 6.45) is 0. The number of hydrogen-bond acceptors (Lipinski definition) is 2. The molecule has 0 amide bonds. The normalized spacial score (nSPS) is 10.9. The molecule has 0 atom stereocenters. The SMILES string of the molecule is CC(C)n1c(-c2ccccc2)ccc(CN)c1=O. The van der Waals surface area contributed by atoms with Gasteiger partial charge in [0.2, 0.25) is 0 Å². The summed E-state index contributed by atoms with van der Waals surface area (Å²) in [6, 6.07) is 13.8. The Balaban J connectivity index is 2.69. The van der Waals surface area contributed by atoms with Crippen LogP contribution in [0, 0.1) is 0 Å². The molecule has 2 N–H and O–H groups in total. The van der Waals surface area contributed by atoms with Gasteiger partial charge in [0.1, 0.15) is 0 Å². The highest BCUT2D eigenvalue weighted by atomic mass is 16.1. The first-order chi connectivity index (χ1) is 8.65. The number of aromatic nitrogens is 1. The maximum Gasteiger partial charge on any atom is 0.255 e. The van der Waals surface area contributed by atoms with Gasteiger partial charge < -0.3 is 10.3 Å². The number of benzene rings is 1. The van der Waals surface area contributed by atoms with Crippen molar-refractivity contribution in [2.45, 2.75) is 26.4 Å². The molecular formula is C15H18N2O. The Kier molecular flexibility index (Phi) is 3.63. The van der Waals surface area contributed by atoms with Gasteiger partial charge in [-0.05, 0) is 25.5 Å². The summed E-state index contributed by atoms with van der Waals surface area (Å²) in [7, 11) is 0. The molecular weight excluding hydrogens is 224 g/mol. The standard InChI is InChI=1S/C15H18N2O/c1-11(2)17-14(12-6-4-3-5-7-12)9-8-13(10-16)15(17)18/h3-9,11H,10,16H2,1-2H3. The summed E-state index contributed by atoms with van der Waals surface area (Å²) in [5.74, 6) is 0. The second-order valence-corrected chi connectivity index (χ2v) is 4.58. The zero-order valence-corrected chi connectivity index (χ0v) is 10.8. The molecule has 18 heavy (non-hydrogen) atoms. The molecule has 0 fully saturated rings. The molecule has 0 bridgehead atoms. The average molecular weight is 242 g/mol. The van der Waals surface area contributed by atoms with E-state index in [9.17, 15) is 4.79 Å². The van der Waals surface area contributed by atoms with Gasteiger partial charge in [-0.2, -0.15) is 0 Å². The van der Waals surface area contributed by atoms with Crippen LogP contribution in [0.2, 0.25) is 0 Å². The smallest absolute Gasteiger partial charge is 0.255 e. The van der Waals surface area contributed by atoms with E-state index in [0.29, 0.717) is 5.56 Å². The van der Waals surface area contributed by atoms with Crippen molar-refractivity contribution in [1.82, 2.24) is 4.57 Å². The Morgan fingerprint density at radius 3 is 2.33 bits per heavy atom. The molecule has 1 aromatic heterocycles. The number of nitrogens with zero attached hydrogens (tertiary/aromatic N) is 1. The minimum Gasteiger partial charge on any atom is -0.326 e. The second kappa shape index (κ2) is 5.19. The molecule has 0 unspecified atom stereocenters. The van der Waals surface area contributed by atoms with Crippen LogP contribution in [0.15, 0.2) is 47.3 Å². The van der Waals surface area contributed by atoms with Crippen molar-refractivity contribution in [3.8, 4) is 11.3 Å². The predicted molar refractivity (Wildman–Crippen MR) is 74.4 cm³/mol. The van der Waals surface area contributed by atoms with E-state index in [-0.39, 0.29) is 18.1 Å². The summed E-state index contributed by atoms with van der Waals surface area (Å²) in [6.45, 7) is 4.29. The number of nitrogens with two attached hydrogens (primary N) is 1. The summed E-state index contributed by atoms with van der Waals surface area (Å²) in [5.41, 5.74) is 8.25. The summed E-state index contributed by atoms with van der Waals surface area (Å²) in [4.78, 5) is 12.3. The van der Waals surface area contributed by atoms with Crippen molar-refractivity contribution in [2.75, 3.05) is 0 Å². The molecule has 2 rings (SSSR count). The third kappa shape index (κ3) is 2.22. The lowest BCUT2D eigenvalue weighted by atomic mass is 10.1. The zero-order valence-electron chi connectivity index (χ0n) is 10.8. The van der Waals surface area contributed by atoms with Gasteiger partial charge >= 0.3 is 0 Å². The summed E-state index contributed by atoms with van der Waals surface area (Å²) < 4.78 is 1.80. The second-order valence-electron chi connectivity index (χ2n) is 4.58. The van der Waals surface area contributed by atoms with Crippen molar-refractivity contribution in [3.05, 3.63) is 58.4 Å². The maximum atomic E-state index is 12.3. The summed E-state index contributed by atoms with van der Waals surface area (Å²) >= 11 is 0. The van der Waals surface area contributed by atoms with Crippen molar-refractivity contribution < 1.29 is 0 Å². The molecule has 0 radical (unpaired) electrons. The van der Waals surface area contributed by atoms with E-state index >= 15 is 0 Å². The molecule has 0 saturated carbocycles. The first kappa shape index (κ1) is 12.6. The van der Waals surface area contributed by atoms with Gasteiger partial charge in [0.05, 0.1) is 5.69 Å². The zero-order chi connectivity index (χ0) is 13.1. The Morgan fingerprint density at radius 1 is 1.11 bits per heavy atom. The van der Waals surface area contributed by atoms with Crippen LogP contribution in [0.5, 0.6) is 0 Å². The highest BCUT2D eigenvalue weighted by molar-refractivity contribution is 5.59. The monoisotopic (exact) mass is 242 g/mol. The largest absolute Gasteiger partial charge is 0.326 e. The van der Waals surface area contributed by atoms with Crippen LogP contribution in [0.1, 0.15) is 25.5 Å². The fraction of sp³-hybridized carbons (Fsp3) is 0.267. The lowest BCUT2D eigenvalue weighted by Crippen LogP contribution is -2.27. The molecule has 94 valence electrons. The Hall–Kier alpha value is -1.87. The van der Waals surface area contributed by atoms with Crippen molar-refractivity contribution in [3.63, 3.8) is 0 Å².